The quantitative estimate of drug-likeness (QED) is 0.887. The molecule has 0 radical (unpaired) electrons. The van der Waals surface area contributed by atoms with E-state index in [-0.39, 0.29) is 24.3 Å². The van der Waals surface area contributed by atoms with Gasteiger partial charge in [0.2, 0.25) is 5.91 Å². The van der Waals surface area contributed by atoms with Gasteiger partial charge in [-0.3, -0.25) is 9.59 Å². The summed E-state index contributed by atoms with van der Waals surface area (Å²) in [6.07, 6.45) is 5.37. The van der Waals surface area contributed by atoms with Gasteiger partial charge >= 0.3 is 0 Å². The maximum Gasteiger partial charge on any atom is 0.265 e. The summed E-state index contributed by atoms with van der Waals surface area (Å²) in [6.45, 7) is 0.518. The van der Waals surface area contributed by atoms with Gasteiger partial charge in [-0.2, -0.15) is 0 Å². The van der Waals surface area contributed by atoms with Crippen molar-refractivity contribution in [1.29, 1.82) is 0 Å². The van der Waals surface area contributed by atoms with Gasteiger partial charge in [0.25, 0.3) is 5.91 Å². The van der Waals surface area contributed by atoms with Crippen molar-refractivity contribution in [3.05, 3.63) is 54.1 Å². The van der Waals surface area contributed by atoms with Gasteiger partial charge in [0.1, 0.15) is 5.75 Å². The van der Waals surface area contributed by atoms with E-state index in [2.05, 4.69) is 5.32 Å². The smallest absolute Gasteiger partial charge is 0.265 e. The highest BCUT2D eigenvalue weighted by molar-refractivity contribution is 5.99. The normalized spacial score (nSPS) is 17.2. The molecule has 5 nitrogen and oxygen atoms in total. The number of carbonyl (C=O) groups excluding carboxylic acids is 2. The van der Waals surface area contributed by atoms with E-state index in [1.54, 1.807) is 4.90 Å². The van der Waals surface area contributed by atoms with Crippen molar-refractivity contribution in [2.24, 2.45) is 5.92 Å². The number of carbonyl (C=O) groups is 2. The van der Waals surface area contributed by atoms with Crippen LogP contribution in [0.4, 0.5) is 11.4 Å². The first kappa shape index (κ1) is 17.6. The lowest BCUT2D eigenvalue weighted by Gasteiger charge is -2.30. The lowest BCUT2D eigenvalue weighted by atomic mass is 9.88. The van der Waals surface area contributed by atoms with Crippen LogP contribution >= 0.6 is 0 Å². The van der Waals surface area contributed by atoms with E-state index in [1.165, 1.54) is 6.42 Å². The third kappa shape index (κ3) is 3.97. The zero-order chi connectivity index (χ0) is 18.6. The van der Waals surface area contributed by atoms with Crippen LogP contribution in [0.3, 0.4) is 0 Å². The van der Waals surface area contributed by atoms with Crippen molar-refractivity contribution < 1.29 is 14.3 Å². The largest absolute Gasteiger partial charge is 0.482 e. The number of ether oxygens (including phenoxy) is 1. The molecule has 1 saturated carbocycles. The van der Waals surface area contributed by atoms with Crippen LogP contribution in [0.25, 0.3) is 0 Å². The SMILES string of the molecule is O=C(Nc1ccc2c(c1)N(Cc1ccccc1)C(=O)CO2)C1CCCCC1. The molecule has 1 fully saturated rings. The topological polar surface area (TPSA) is 58.6 Å². The summed E-state index contributed by atoms with van der Waals surface area (Å²) in [5.41, 5.74) is 2.47. The second kappa shape index (κ2) is 7.82. The summed E-state index contributed by atoms with van der Waals surface area (Å²) in [6, 6.07) is 15.4. The van der Waals surface area contributed by atoms with E-state index in [1.807, 2.05) is 48.5 Å². The molecule has 1 aliphatic heterocycles. The maximum atomic E-state index is 12.5. The van der Waals surface area contributed by atoms with Gasteiger partial charge in [-0.05, 0) is 36.6 Å². The van der Waals surface area contributed by atoms with Gasteiger partial charge in [-0.1, -0.05) is 49.6 Å². The van der Waals surface area contributed by atoms with E-state index < -0.39 is 0 Å². The highest BCUT2D eigenvalue weighted by Gasteiger charge is 2.27. The Morgan fingerprint density at radius 1 is 1.07 bits per heavy atom. The molecule has 1 heterocycles. The second-order valence-electron chi connectivity index (χ2n) is 7.26. The fraction of sp³-hybridized carbons (Fsp3) is 0.364. The van der Waals surface area contributed by atoms with Crippen LogP contribution in [0.15, 0.2) is 48.5 Å². The number of nitrogens with one attached hydrogen (secondary N) is 1. The summed E-state index contributed by atoms with van der Waals surface area (Å²) in [7, 11) is 0. The Morgan fingerprint density at radius 2 is 1.85 bits per heavy atom. The molecule has 0 bridgehead atoms. The molecule has 27 heavy (non-hydrogen) atoms. The molecule has 140 valence electrons. The zero-order valence-electron chi connectivity index (χ0n) is 15.3. The average molecular weight is 364 g/mol. The Morgan fingerprint density at radius 3 is 2.63 bits per heavy atom. The summed E-state index contributed by atoms with van der Waals surface area (Å²) in [4.78, 5) is 26.7. The average Bonchev–Trinajstić information content (AvgIpc) is 2.72. The maximum absolute atomic E-state index is 12.5. The first-order valence-electron chi connectivity index (χ1n) is 9.63. The summed E-state index contributed by atoms with van der Waals surface area (Å²) < 4.78 is 5.58. The molecule has 4 rings (SSSR count). The van der Waals surface area contributed by atoms with Gasteiger partial charge in [-0.15, -0.1) is 0 Å². The van der Waals surface area contributed by atoms with Gasteiger partial charge in [-0.25, -0.2) is 0 Å². The number of anilines is 2. The molecule has 0 spiro atoms. The van der Waals surface area contributed by atoms with E-state index >= 15 is 0 Å². The highest BCUT2D eigenvalue weighted by Crippen LogP contribution is 2.36. The van der Waals surface area contributed by atoms with Crippen molar-refractivity contribution >= 4 is 23.2 Å². The molecule has 1 aliphatic carbocycles. The minimum atomic E-state index is -0.0814. The molecule has 0 atom stereocenters. The fourth-order valence-corrected chi connectivity index (χ4v) is 3.83. The molecule has 2 aliphatic rings. The van der Waals surface area contributed by atoms with E-state index in [4.69, 9.17) is 4.74 Å². The van der Waals surface area contributed by atoms with Crippen LogP contribution in [-0.4, -0.2) is 18.4 Å². The molecular formula is C22H24N2O3. The lowest BCUT2D eigenvalue weighted by Crippen LogP contribution is -2.38. The Hall–Kier alpha value is -2.82. The Bertz CT molecular complexity index is 829. The number of nitrogens with zero attached hydrogens (tertiary/aromatic N) is 1. The van der Waals surface area contributed by atoms with Gasteiger partial charge in [0.15, 0.2) is 6.61 Å². The van der Waals surface area contributed by atoms with Crippen molar-refractivity contribution in [2.75, 3.05) is 16.8 Å². The van der Waals surface area contributed by atoms with E-state index in [0.29, 0.717) is 23.7 Å². The second-order valence-corrected chi connectivity index (χ2v) is 7.26. The van der Waals surface area contributed by atoms with E-state index in [9.17, 15) is 9.59 Å². The van der Waals surface area contributed by atoms with Crippen molar-refractivity contribution in [3.8, 4) is 5.75 Å². The first-order chi connectivity index (χ1) is 13.2. The predicted molar refractivity (Wildman–Crippen MR) is 105 cm³/mol. The molecule has 0 unspecified atom stereocenters. The first-order valence-corrected chi connectivity index (χ1v) is 9.63. The summed E-state index contributed by atoms with van der Waals surface area (Å²) >= 11 is 0. The highest BCUT2D eigenvalue weighted by atomic mass is 16.5. The number of rotatable bonds is 4. The van der Waals surface area contributed by atoms with Crippen molar-refractivity contribution in [2.45, 2.75) is 38.6 Å². The van der Waals surface area contributed by atoms with E-state index in [0.717, 1.165) is 31.2 Å². The number of fused-ring (bicyclic) bond motifs is 1. The molecule has 0 saturated heterocycles. The summed E-state index contributed by atoms with van der Waals surface area (Å²) in [5.74, 6) is 0.753. The third-order valence-electron chi connectivity index (χ3n) is 5.33. The number of hydrogen-bond donors (Lipinski definition) is 1. The number of amides is 2. The van der Waals surface area contributed by atoms with Crippen LogP contribution in [0.1, 0.15) is 37.7 Å². The van der Waals surface area contributed by atoms with Crippen LogP contribution < -0.4 is 15.0 Å². The predicted octanol–water partition coefficient (Wildman–Crippen LogP) is 4.13. The molecule has 5 heteroatoms. The summed E-state index contributed by atoms with van der Waals surface area (Å²) in [5, 5.41) is 3.03. The monoisotopic (exact) mass is 364 g/mol. The molecular weight excluding hydrogens is 340 g/mol. The van der Waals surface area contributed by atoms with Crippen LogP contribution in [0.5, 0.6) is 5.75 Å². The molecule has 2 aromatic carbocycles. The molecule has 1 N–H and O–H groups in total. The lowest BCUT2D eigenvalue weighted by molar-refractivity contribution is -0.121. The van der Waals surface area contributed by atoms with Crippen LogP contribution in [0.2, 0.25) is 0 Å². The van der Waals surface area contributed by atoms with Gasteiger partial charge in [0.05, 0.1) is 12.2 Å². The minimum Gasteiger partial charge on any atom is -0.482 e. The Balaban J connectivity index is 1.55. The number of benzene rings is 2. The van der Waals surface area contributed by atoms with Crippen LogP contribution in [-0.2, 0) is 16.1 Å². The molecule has 0 aromatic heterocycles. The van der Waals surface area contributed by atoms with Crippen LogP contribution in [0, 0.1) is 5.92 Å². The van der Waals surface area contributed by atoms with Gasteiger partial charge < -0.3 is 15.0 Å². The van der Waals surface area contributed by atoms with Crippen molar-refractivity contribution in [3.63, 3.8) is 0 Å². The van der Waals surface area contributed by atoms with Gasteiger partial charge in [0, 0.05) is 11.6 Å². The standard InChI is InChI=1S/C22H24N2O3/c25-21-15-27-20-12-11-18(23-22(26)17-9-5-2-6-10-17)13-19(20)24(21)14-16-7-3-1-4-8-16/h1,3-4,7-8,11-13,17H,2,5-6,9-10,14-15H2,(H,23,26). The fourth-order valence-electron chi connectivity index (χ4n) is 3.83. The molecule has 2 aromatic rings. The molecule has 2 amide bonds. The zero-order valence-corrected chi connectivity index (χ0v) is 15.3. The minimum absolute atomic E-state index is 0.0353. The Labute approximate surface area is 159 Å². The van der Waals surface area contributed by atoms with Crippen molar-refractivity contribution in [1.82, 2.24) is 0 Å². The Kier molecular flexibility index (Phi) is 5.10. The third-order valence-corrected chi connectivity index (χ3v) is 5.33. The number of hydrogen-bond acceptors (Lipinski definition) is 3.